The Labute approximate surface area is 280 Å². The summed E-state index contributed by atoms with van der Waals surface area (Å²) in [6, 6.07) is 9.69. The number of carbonyl (C=O) groups is 1. The van der Waals surface area contributed by atoms with Crippen molar-refractivity contribution in [2.45, 2.75) is 89.4 Å². The number of aliphatic hydroxyl groups excluding tert-OH is 2. The van der Waals surface area contributed by atoms with Gasteiger partial charge in [-0.25, -0.2) is 4.39 Å². The summed E-state index contributed by atoms with van der Waals surface area (Å²) in [6.07, 6.45) is -0.488. The molecule has 1 atom stereocenters. The number of aromatic nitrogens is 1. The molecule has 0 radical (unpaired) electrons. The highest BCUT2D eigenvalue weighted by Crippen LogP contribution is 2.50. The molecule has 48 heavy (non-hydrogen) atoms. The maximum absolute atomic E-state index is 14.4. The van der Waals surface area contributed by atoms with Crippen LogP contribution in [-0.4, -0.2) is 80.7 Å². The van der Waals surface area contributed by atoms with Crippen LogP contribution in [0.5, 0.6) is 11.5 Å². The van der Waals surface area contributed by atoms with E-state index < -0.39 is 23.2 Å². The van der Waals surface area contributed by atoms with Gasteiger partial charge in [0.2, 0.25) is 0 Å². The Hall–Kier alpha value is -3.36. The van der Waals surface area contributed by atoms with E-state index in [1.54, 1.807) is 33.4 Å². The number of alkyl halides is 2. The molecule has 1 unspecified atom stereocenters. The number of hydrogen-bond acceptors (Lipinski definition) is 9. The molecule has 2 aromatic carbocycles. The molecular weight excluding hydrogens is 631 g/mol. The molecule has 10 nitrogen and oxygen atoms in total. The van der Waals surface area contributed by atoms with Gasteiger partial charge in [0, 0.05) is 50.4 Å². The van der Waals surface area contributed by atoms with Crippen LogP contribution in [0.25, 0.3) is 10.9 Å². The summed E-state index contributed by atoms with van der Waals surface area (Å²) < 4.78 is 60.7. The van der Waals surface area contributed by atoms with Gasteiger partial charge in [-0.3, -0.25) is 0 Å². The number of ether oxygens (including phenoxy) is 4. The Bertz CT molecular complexity index is 1490. The minimum atomic E-state index is -3.60. The second kappa shape index (κ2) is 16.8. The van der Waals surface area contributed by atoms with Crippen molar-refractivity contribution >= 4 is 22.9 Å². The van der Waals surface area contributed by atoms with Crippen molar-refractivity contribution in [2.24, 2.45) is 0 Å². The number of aldehydes is 1. The topological polar surface area (TPSA) is 123 Å². The van der Waals surface area contributed by atoms with Crippen molar-refractivity contribution in [2.75, 3.05) is 46.3 Å². The lowest BCUT2D eigenvalue weighted by Crippen LogP contribution is -2.33. The van der Waals surface area contributed by atoms with Crippen LogP contribution in [0.2, 0.25) is 0 Å². The smallest absolute Gasteiger partial charge is 0.395 e. The summed E-state index contributed by atoms with van der Waals surface area (Å²) in [5.74, 6) is -0.345. The van der Waals surface area contributed by atoms with Gasteiger partial charge < -0.3 is 49.2 Å². The fourth-order valence-corrected chi connectivity index (χ4v) is 5.45. The van der Waals surface area contributed by atoms with E-state index in [4.69, 9.17) is 9.47 Å². The minimum absolute atomic E-state index is 0.00405. The van der Waals surface area contributed by atoms with Crippen molar-refractivity contribution in [3.8, 4) is 11.5 Å². The Morgan fingerprint density at radius 2 is 1.75 bits per heavy atom. The maximum Gasteiger partial charge on any atom is 0.586 e. The maximum atomic E-state index is 14.4. The average Bonchev–Trinajstić information content (AvgIpc) is 3.71. The summed E-state index contributed by atoms with van der Waals surface area (Å²) in [5.41, 5.74) is 1.66. The Kier molecular flexibility index (Phi) is 13.7. The molecule has 0 bridgehead atoms. The number of anilines is 1. The van der Waals surface area contributed by atoms with Crippen LogP contribution in [0.4, 0.5) is 18.9 Å². The molecule has 5 rings (SSSR count). The number of methoxy groups -OCH3 is 2. The fraction of sp³-hybridized carbons (Fsp3) is 0.571. The summed E-state index contributed by atoms with van der Waals surface area (Å²) in [7, 11) is 4.90. The summed E-state index contributed by atoms with van der Waals surface area (Å²) in [6.45, 7) is 9.23. The largest absolute Gasteiger partial charge is 0.586 e. The normalized spacial score (nSPS) is 16.1. The minimum Gasteiger partial charge on any atom is -0.395 e. The molecule has 3 aromatic rings. The highest BCUT2D eigenvalue weighted by atomic mass is 19.3. The van der Waals surface area contributed by atoms with Gasteiger partial charge in [-0.05, 0) is 62.1 Å². The first-order valence-corrected chi connectivity index (χ1v) is 16.2. The van der Waals surface area contributed by atoms with E-state index in [-0.39, 0.29) is 30.2 Å². The van der Waals surface area contributed by atoms with Gasteiger partial charge in [0.25, 0.3) is 0 Å². The lowest BCUT2D eigenvalue weighted by molar-refractivity contribution is -0.286. The van der Waals surface area contributed by atoms with Crippen molar-refractivity contribution < 1.29 is 47.1 Å². The zero-order valence-corrected chi connectivity index (χ0v) is 28.9. The van der Waals surface area contributed by atoms with Gasteiger partial charge in [-0.1, -0.05) is 33.8 Å². The van der Waals surface area contributed by atoms with Gasteiger partial charge in [-0.2, -0.15) is 0 Å². The van der Waals surface area contributed by atoms with Crippen LogP contribution in [-0.2, 0) is 31.6 Å². The van der Waals surface area contributed by atoms with E-state index in [0.29, 0.717) is 29.9 Å². The number of rotatable bonds is 15. The number of carbonyl (C=O) groups excluding carboxylic acids is 1. The summed E-state index contributed by atoms with van der Waals surface area (Å²) in [4.78, 5) is 10.9. The zero-order valence-electron chi connectivity index (χ0n) is 28.9. The molecule has 268 valence electrons. The number of fused-ring (bicyclic) bond motifs is 2. The molecule has 1 fully saturated rings. The molecule has 2 aliphatic rings. The second-order valence-electron chi connectivity index (χ2n) is 12.3. The fourth-order valence-electron chi connectivity index (χ4n) is 5.45. The van der Waals surface area contributed by atoms with E-state index in [9.17, 15) is 28.2 Å². The van der Waals surface area contributed by atoms with Crippen LogP contribution >= 0.6 is 0 Å². The quantitative estimate of drug-likeness (QED) is 0.0908. The standard InChI is InChI=1S/C22H36FN3O4.C11H8F2O3.C2H6/c1-22(2,14-27)20-10-15-9-18(24-3)17(23)11-19(15)26(20)13-16(28)12-25-8-6-7-21(29-4)30-5;12-11(13)15-8-2-1-7(5-9(8)16-11)10(6-14)3-4-10;1-2/h9-11,16,21,24-25,27-28H,6-8,12-14H2,1-5H3;1-2,5-6H,3-4H2;1-2H3. The number of aliphatic hydroxyl groups is 2. The van der Waals surface area contributed by atoms with Gasteiger partial charge in [0.1, 0.15) is 12.1 Å². The number of hydrogen-bond donors (Lipinski definition) is 4. The van der Waals surface area contributed by atoms with E-state index in [1.165, 1.54) is 18.2 Å². The monoisotopic (exact) mass is 681 g/mol. The Balaban J connectivity index is 0.000000288. The first-order chi connectivity index (χ1) is 22.8. The molecule has 13 heteroatoms. The van der Waals surface area contributed by atoms with Gasteiger partial charge in [0.05, 0.1) is 35.9 Å². The lowest BCUT2D eigenvalue weighted by atomic mass is 9.90. The van der Waals surface area contributed by atoms with Crippen LogP contribution in [0.15, 0.2) is 36.4 Å². The van der Waals surface area contributed by atoms with Crippen molar-refractivity contribution in [3.63, 3.8) is 0 Å². The average molecular weight is 682 g/mol. The molecule has 2 heterocycles. The molecule has 1 saturated carbocycles. The number of halogens is 3. The molecule has 4 N–H and O–H groups in total. The molecule has 0 saturated heterocycles. The molecular formula is C35H50F3N3O7. The van der Waals surface area contributed by atoms with Gasteiger partial charge in [-0.15, -0.1) is 8.78 Å². The molecule has 1 aliphatic heterocycles. The summed E-state index contributed by atoms with van der Waals surface area (Å²) >= 11 is 0. The Morgan fingerprint density at radius 1 is 1.08 bits per heavy atom. The van der Waals surface area contributed by atoms with Crippen molar-refractivity contribution in [3.05, 3.63) is 53.5 Å². The van der Waals surface area contributed by atoms with Crippen LogP contribution in [0.1, 0.15) is 64.6 Å². The van der Waals surface area contributed by atoms with Crippen LogP contribution in [0, 0.1) is 5.82 Å². The number of nitrogens with one attached hydrogen (secondary N) is 2. The third-order valence-electron chi connectivity index (χ3n) is 8.43. The highest BCUT2D eigenvalue weighted by molar-refractivity contribution is 5.85. The SMILES string of the molecule is CC.CNc1cc2cc(C(C)(C)CO)n(CC(O)CNCCCC(OC)OC)c2cc1F.O=CC1(c2ccc3c(c2)OC(F)(F)O3)CC1. The number of benzene rings is 2. The van der Waals surface area contributed by atoms with Gasteiger partial charge in [0.15, 0.2) is 17.8 Å². The van der Waals surface area contributed by atoms with Crippen LogP contribution < -0.4 is 20.1 Å². The predicted octanol–water partition coefficient (Wildman–Crippen LogP) is 5.71. The first-order valence-electron chi connectivity index (χ1n) is 16.2. The molecule has 0 amide bonds. The highest BCUT2D eigenvalue weighted by Gasteiger charge is 2.47. The van der Waals surface area contributed by atoms with Crippen molar-refractivity contribution in [1.82, 2.24) is 9.88 Å². The Morgan fingerprint density at radius 3 is 2.33 bits per heavy atom. The third-order valence-corrected chi connectivity index (χ3v) is 8.43. The molecule has 0 spiro atoms. The van der Waals surface area contributed by atoms with E-state index in [2.05, 4.69) is 20.1 Å². The number of nitrogens with zero attached hydrogens (tertiary/aromatic N) is 1. The van der Waals surface area contributed by atoms with E-state index in [1.807, 2.05) is 38.3 Å². The van der Waals surface area contributed by atoms with Crippen molar-refractivity contribution in [1.29, 1.82) is 0 Å². The zero-order chi connectivity index (χ0) is 35.7. The first kappa shape index (κ1) is 39.1. The van der Waals surface area contributed by atoms with E-state index >= 15 is 0 Å². The lowest BCUT2D eigenvalue weighted by Gasteiger charge is -2.26. The molecule has 1 aromatic heterocycles. The predicted molar refractivity (Wildman–Crippen MR) is 178 cm³/mol. The van der Waals surface area contributed by atoms with Crippen LogP contribution in [0.3, 0.4) is 0 Å². The van der Waals surface area contributed by atoms with E-state index in [0.717, 1.165) is 49.6 Å². The second-order valence-corrected chi connectivity index (χ2v) is 12.3. The third kappa shape index (κ3) is 9.41. The van der Waals surface area contributed by atoms with Gasteiger partial charge >= 0.3 is 6.29 Å². The summed E-state index contributed by atoms with van der Waals surface area (Å²) in [5, 5.41) is 27.5. The molecule has 1 aliphatic carbocycles.